The van der Waals surface area contributed by atoms with Crippen LogP contribution in [0.1, 0.15) is 19.3 Å². The number of H-pyrrole nitrogens is 1. The molecule has 0 spiro atoms. The summed E-state index contributed by atoms with van der Waals surface area (Å²) in [7, 11) is 0. The van der Waals surface area contributed by atoms with Crippen LogP contribution in [0.2, 0.25) is 0 Å². The van der Waals surface area contributed by atoms with Gasteiger partial charge in [0.2, 0.25) is 0 Å². The zero-order valence-corrected chi connectivity index (χ0v) is 9.65. The summed E-state index contributed by atoms with van der Waals surface area (Å²) >= 11 is 0. The molecule has 2 fully saturated rings. The lowest BCUT2D eigenvalue weighted by atomic mass is 10.2. The molecule has 6 heteroatoms. The fraction of sp³-hybridized carbons (Fsp3) is 0.636. The van der Waals surface area contributed by atoms with E-state index in [1.165, 1.54) is 19.2 Å². The van der Waals surface area contributed by atoms with Crippen molar-refractivity contribution in [3.8, 4) is 0 Å². The topological polar surface area (TPSA) is 87.0 Å². The van der Waals surface area contributed by atoms with Gasteiger partial charge in [-0.25, -0.2) is 4.98 Å². The number of aromatic amines is 1. The third-order valence-corrected chi connectivity index (χ3v) is 3.51. The number of likely N-dealkylation sites (tertiary alicyclic amines) is 1. The summed E-state index contributed by atoms with van der Waals surface area (Å²) in [6.45, 7) is 2.16. The number of nitrogens with two attached hydrogens (primary N) is 1. The standard InChI is InChI=1S/C11H17N5O/c12-9-10(13-6-14-11(9)17)15-7-3-4-16(5-7)8-1-2-8/h6-8H,1-5,12H2,(H2,13,14,15,17). The van der Waals surface area contributed by atoms with Crippen LogP contribution in [-0.4, -0.2) is 40.0 Å². The molecule has 2 aliphatic rings. The van der Waals surface area contributed by atoms with Crippen LogP contribution < -0.4 is 16.6 Å². The van der Waals surface area contributed by atoms with Crippen LogP contribution in [0.15, 0.2) is 11.1 Å². The van der Waals surface area contributed by atoms with Crippen molar-refractivity contribution < 1.29 is 0 Å². The highest BCUT2D eigenvalue weighted by Gasteiger charge is 2.34. The zero-order valence-electron chi connectivity index (χ0n) is 9.65. The van der Waals surface area contributed by atoms with Crippen LogP contribution in [0.4, 0.5) is 11.5 Å². The Morgan fingerprint density at radius 3 is 3.06 bits per heavy atom. The van der Waals surface area contributed by atoms with Crippen LogP contribution >= 0.6 is 0 Å². The molecular weight excluding hydrogens is 218 g/mol. The molecule has 0 bridgehead atoms. The number of nitrogens with zero attached hydrogens (tertiary/aromatic N) is 2. The molecule has 1 unspecified atom stereocenters. The third-order valence-electron chi connectivity index (χ3n) is 3.51. The van der Waals surface area contributed by atoms with E-state index < -0.39 is 0 Å². The predicted octanol–water partition coefficient (Wildman–Crippen LogP) is 0.000700. The molecule has 3 rings (SSSR count). The lowest BCUT2D eigenvalue weighted by molar-refractivity contribution is 0.326. The maximum Gasteiger partial charge on any atom is 0.276 e. The zero-order chi connectivity index (χ0) is 11.8. The Kier molecular flexibility index (Phi) is 2.51. The minimum atomic E-state index is -0.278. The first kappa shape index (κ1) is 10.6. The molecule has 2 heterocycles. The van der Waals surface area contributed by atoms with Crippen molar-refractivity contribution in [3.05, 3.63) is 16.7 Å². The van der Waals surface area contributed by atoms with Crippen molar-refractivity contribution >= 4 is 11.5 Å². The summed E-state index contributed by atoms with van der Waals surface area (Å²) in [5.74, 6) is 0.511. The van der Waals surface area contributed by atoms with Gasteiger partial charge in [-0.3, -0.25) is 9.69 Å². The second-order valence-electron chi connectivity index (χ2n) is 4.85. The highest BCUT2D eigenvalue weighted by Crippen LogP contribution is 2.30. The van der Waals surface area contributed by atoms with Gasteiger partial charge in [0.1, 0.15) is 5.69 Å². The van der Waals surface area contributed by atoms with E-state index in [4.69, 9.17) is 5.73 Å². The Morgan fingerprint density at radius 1 is 1.47 bits per heavy atom. The number of hydrogen-bond acceptors (Lipinski definition) is 5. The number of nitrogens with one attached hydrogen (secondary N) is 2. The van der Waals surface area contributed by atoms with Gasteiger partial charge in [-0.2, -0.15) is 0 Å². The summed E-state index contributed by atoms with van der Waals surface area (Å²) in [5.41, 5.74) is 5.59. The lowest BCUT2D eigenvalue weighted by Gasteiger charge is -2.16. The fourth-order valence-corrected chi connectivity index (χ4v) is 2.40. The molecule has 0 aromatic carbocycles. The normalized spacial score (nSPS) is 25.1. The molecular formula is C11H17N5O. The summed E-state index contributed by atoms with van der Waals surface area (Å²) in [4.78, 5) is 20.4. The first-order chi connectivity index (χ1) is 8.24. The van der Waals surface area contributed by atoms with Gasteiger partial charge in [0.05, 0.1) is 6.33 Å². The molecule has 1 aromatic rings. The Bertz CT molecular complexity index is 467. The largest absolute Gasteiger partial charge is 0.391 e. The van der Waals surface area contributed by atoms with Gasteiger partial charge in [0.25, 0.3) is 5.56 Å². The van der Waals surface area contributed by atoms with Crippen molar-refractivity contribution in [2.45, 2.75) is 31.3 Å². The highest BCUT2D eigenvalue weighted by molar-refractivity contribution is 5.59. The molecule has 1 saturated heterocycles. The minimum Gasteiger partial charge on any atom is -0.391 e. The van der Waals surface area contributed by atoms with E-state index in [9.17, 15) is 4.79 Å². The van der Waals surface area contributed by atoms with E-state index in [0.29, 0.717) is 11.9 Å². The molecule has 6 nitrogen and oxygen atoms in total. The van der Waals surface area contributed by atoms with Gasteiger partial charge in [-0.1, -0.05) is 0 Å². The van der Waals surface area contributed by atoms with E-state index in [1.54, 1.807) is 0 Å². The van der Waals surface area contributed by atoms with Crippen molar-refractivity contribution in [2.24, 2.45) is 0 Å². The third kappa shape index (κ3) is 2.12. The molecule has 1 saturated carbocycles. The minimum absolute atomic E-state index is 0.178. The van der Waals surface area contributed by atoms with Gasteiger partial charge in [0, 0.05) is 25.2 Å². The molecule has 4 N–H and O–H groups in total. The fourth-order valence-electron chi connectivity index (χ4n) is 2.40. The van der Waals surface area contributed by atoms with Crippen molar-refractivity contribution in [3.63, 3.8) is 0 Å². The van der Waals surface area contributed by atoms with Crippen LogP contribution in [-0.2, 0) is 0 Å². The molecule has 0 radical (unpaired) electrons. The molecule has 0 amide bonds. The monoisotopic (exact) mass is 235 g/mol. The van der Waals surface area contributed by atoms with Crippen molar-refractivity contribution in [2.75, 3.05) is 24.1 Å². The first-order valence-electron chi connectivity index (χ1n) is 6.08. The van der Waals surface area contributed by atoms with Crippen LogP contribution in [0.25, 0.3) is 0 Å². The quantitative estimate of drug-likeness (QED) is 0.686. The summed E-state index contributed by atoms with van der Waals surface area (Å²) in [5, 5.41) is 3.26. The molecule has 92 valence electrons. The Balaban J connectivity index is 1.67. The highest BCUT2D eigenvalue weighted by atomic mass is 16.1. The molecule has 1 aliphatic carbocycles. The average Bonchev–Trinajstić information content (AvgIpc) is 3.06. The number of nitrogen functional groups attached to an aromatic ring is 1. The second-order valence-corrected chi connectivity index (χ2v) is 4.85. The van der Waals surface area contributed by atoms with Gasteiger partial charge in [-0.05, 0) is 19.3 Å². The van der Waals surface area contributed by atoms with E-state index in [1.807, 2.05) is 0 Å². The van der Waals surface area contributed by atoms with E-state index in [2.05, 4.69) is 20.2 Å². The Hall–Kier alpha value is -1.56. The van der Waals surface area contributed by atoms with Crippen LogP contribution in [0.3, 0.4) is 0 Å². The molecule has 1 aliphatic heterocycles. The van der Waals surface area contributed by atoms with Gasteiger partial charge in [0.15, 0.2) is 5.82 Å². The smallest absolute Gasteiger partial charge is 0.276 e. The molecule has 17 heavy (non-hydrogen) atoms. The first-order valence-corrected chi connectivity index (χ1v) is 6.08. The maximum absolute atomic E-state index is 11.3. The molecule has 1 atom stereocenters. The van der Waals surface area contributed by atoms with Crippen LogP contribution in [0, 0.1) is 0 Å². The lowest BCUT2D eigenvalue weighted by Crippen LogP contribution is -2.29. The van der Waals surface area contributed by atoms with E-state index in [-0.39, 0.29) is 11.2 Å². The predicted molar refractivity (Wildman–Crippen MR) is 65.9 cm³/mol. The SMILES string of the molecule is Nc1c(NC2CCN(C3CC3)C2)nc[nH]c1=O. The van der Waals surface area contributed by atoms with Gasteiger partial charge >= 0.3 is 0 Å². The summed E-state index contributed by atoms with van der Waals surface area (Å²) < 4.78 is 0. The number of aromatic nitrogens is 2. The van der Waals surface area contributed by atoms with E-state index >= 15 is 0 Å². The Labute approximate surface area is 99.2 Å². The number of anilines is 2. The number of hydrogen-bond donors (Lipinski definition) is 3. The second kappa shape index (κ2) is 4.03. The van der Waals surface area contributed by atoms with Gasteiger partial charge < -0.3 is 16.0 Å². The summed E-state index contributed by atoms with van der Waals surface area (Å²) in [6, 6.07) is 1.15. The van der Waals surface area contributed by atoms with Crippen molar-refractivity contribution in [1.82, 2.24) is 14.9 Å². The molecule has 1 aromatic heterocycles. The maximum atomic E-state index is 11.3. The average molecular weight is 235 g/mol. The van der Waals surface area contributed by atoms with Gasteiger partial charge in [-0.15, -0.1) is 0 Å². The summed E-state index contributed by atoms with van der Waals surface area (Å²) in [6.07, 6.45) is 5.13. The van der Waals surface area contributed by atoms with Crippen LogP contribution in [0.5, 0.6) is 0 Å². The number of rotatable bonds is 3. The van der Waals surface area contributed by atoms with Crippen molar-refractivity contribution in [1.29, 1.82) is 0 Å². The van der Waals surface area contributed by atoms with E-state index in [0.717, 1.165) is 25.6 Å². The Morgan fingerprint density at radius 2 is 2.29 bits per heavy atom.